The first-order valence-corrected chi connectivity index (χ1v) is 11.2. The number of fused-ring (bicyclic) bond motifs is 1. The number of nitrogens with zero attached hydrogens (tertiary/aromatic N) is 5. The Hall–Kier alpha value is -3.45. The molecule has 0 radical (unpaired) electrons. The predicted octanol–water partition coefficient (Wildman–Crippen LogP) is 2.37. The van der Waals surface area contributed by atoms with Crippen LogP contribution in [-0.2, 0) is 26.4 Å². The molecule has 5 rings (SSSR count). The van der Waals surface area contributed by atoms with E-state index in [4.69, 9.17) is 9.97 Å². The lowest BCUT2D eigenvalue weighted by Gasteiger charge is -2.28. The number of aromatic nitrogens is 4. The van der Waals surface area contributed by atoms with Crippen molar-refractivity contribution in [1.29, 1.82) is 0 Å². The maximum absolute atomic E-state index is 13.5. The second kappa shape index (κ2) is 8.96. The van der Waals surface area contributed by atoms with E-state index < -0.39 is 0 Å². The molecular weight excluding hydrogens is 400 g/mol. The fourth-order valence-electron chi connectivity index (χ4n) is 4.34. The normalized spacial score (nSPS) is 14.2. The highest BCUT2D eigenvalue weighted by atomic mass is 16.1. The topological polar surface area (TPSA) is 68.0 Å². The molecule has 0 amide bonds. The number of rotatable bonds is 6. The minimum Gasteiger partial charge on any atom is -0.340 e. The van der Waals surface area contributed by atoms with Gasteiger partial charge in [0.05, 0.1) is 6.54 Å². The molecule has 0 saturated carbocycles. The highest BCUT2D eigenvalue weighted by Gasteiger charge is 2.23. The molecule has 0 unspecified atom stereocenters. The van der Waals surface area contributed by atoms with Gasteiger partial charge in [-0.1, -0.05) is 60.7 Å². The Morgan fingerprint density at radius 2 is 1.53 bits per heavy atom. The molecule has 7 nitrogen and oxygen atoms in total. The van der Waals surface area contributed by atoms with Gasteiger partial charge in [-0.2, -0.15) is 4.98 Å². The van der Waals surface area contributed by atoms with Gasteiger partial charge in [0, 0.05) is 39.6 Å². The third-order valence-corrected chi connectivity index (χ3v) is 6.12. The van der Waals surface area contributed by atoms with Crippen LogP contribution in [0.1, 0.15) is 17.0 Å². The monoisotopic (exact) mass is 428 g/mol. The number of benzene rings is 2. The van der Waals surface area contributed by atoms with Gasteiger partial charge in [-0.15, -0.1) is 0 Å². The van der Waals surface area contributed by atoms with Crippen LogP contribution >= 0.6 is 0 Å². The highest BCUT2D eigenvalue weighted by molar-refractivity contribution is 5.74. The summed E-state index contributed by atoms with van der Waals surface area (Å²) in [4.78, 5) is 25.5. The molecule has 0 spiro atoms. The number of nitrogens with one attached hydrogen (secondary N) is 1. The van der Waals surface area contributed by atoms with Gasteiger partial charge >= 0.3 is 0 Å². The maximum atomic E-state index is 13.5. The SMILES string of the molecule is Cn1c(CCc2ccccc2)nc2nc(N3CCNCC3)n(Cc3ccccc3)c2c1=O. The van der Waals surface area contributed by atoms with E-state index in [1.807, 2.05) is 48.0 Å². The summed E-state index contributed by atoms with van der Waals surface area (Å²) in [5.41, 5.74) is 3.45. The first-order valence-electron chi connectivity index (χ1n) is 11.2. The highest BCUT2D eigenvalue weighted by Crippen LogP contribution is 2.22. The molecule has 0 aliphatic carbocycles. The summed E-state index contributed by atoms with van der Waals surface area (Å²) in [7, 11) is 1.82. The maximum Gasteiger partial charge on any atom is 0.279 e. The number of anilines is 1. The van der Waals surface area contributed by atoms with E-state index in [1.165, 1.54) is 5.56 Å². The molecule has 3 heterocycles. The van der Waals surface area contributed by atoms with Gasteiger partial charge < -0.3 is 10.2 Å². The van der Waals surface area contributed by atoms with Crippen molar-refractivity contribution in [2.75, 3.05) is 31.1 Å². The zero-order chi connectivity index (χ0) is 21.9. The quantitative estimate of drug-likeness (QED) is 0.511. The third-order valence-electron chi connectivity index (χ3n) is 6.12. The van der Waals surface area contributed by atoms with E-state index in [0.29, 0.717) is 24.1 Å². The molecule has 1 saturated heterocycles. The van der Waals surface area contributed by atoms with Gasteiger partial charge in [0.15, 0.2) is 11.2 Å². The lowest BCUT2D eigenvalue weighted by atomic mass is 10.1. The Bertz CT molecular complexity index is 1260. The van der Waals surface area contributed by atoms with Crippen LogP contribution in [0.4, 0.5) is 5.95 Å². The summed E-state index contributed by atoms with van der Waals surface area (Å²) in [6.45, 7) is 4.13. The molecule has 4 aromatic rings. The summed E-state index contributed by atoms with van der Waals surface area (Å²) in [6, 6.07) is 20.5. The molecule has 2 aromatic carbocycles. The van der Waals surface area contributed by atoms with Crippen molar-refractivity contribution in [3.63, 3.8) is 0 Å². The number of hydrogen-bond acceptors (Lipinski definition) is 5. The van der Waals surface area contributed by atoms with Gasteiger partial charge in [0.25, 0.3) is 5.56 Å². The lowest BCUT2D eigenvalue weighted by Crippen LogP contribution is -2.44. The Labute approximate surface area is 187 Å². The summed E-state index contributed by atoms with van der Waals surface area (Å²) < 4.78 is 3.74. The molecule has 164 valence electrons. The Morgan fingerprint density at radius 3 is 2.22 bits per heavy atom. The summed E-state index contributed by atoms with van der Waals surface area (Å²) in [6.07, 6.45) is 1.53. The van der Waals surface area contributed by atoms with Gasteiger partial charge in [-0.3, -0.25) is 13.9 Å². The molecule has 1 aliphatic heterocycles. The summed E-state index contributed by atoms with van der Waals surface area (Å²) in [5, 5.41) is 3.39. The largest absolute Gasteiger partial charge is 0.340 e. The van der Waals surface area contributed by atoms with E-state index in [0.717, 1.165) is 49.9 Å². The Balaban J connectivity index is 1.57. The van der Waals surface area contributed by atoms with Crippen molar-refractivity contribution >= 4 is 17.1 Å². The predicted molar refractivity (Wildman–Crippen MR) is 127 cm³/mol. The first-order chi connectivity index (χ1) is 15.7. The van der Waals surface area contributed by atoms with Crippen molar-refractivity contribution in [3.05, 3.63) is 88.0 Å². The fourth-order valence-corrected chi connectivity index (χ4v) is 4.34. The number of aryl methyl sites for hydroxylation is 2. The summed E-state index contributed by atoms with van der Waals surface area (Å²) in [5.74, 6) is 1.60. The number of imidazole rings is 1. The van der Waals surface area contributed by atoms with Crippen molar-refractivity contribution in [2.24, 2.45) is 7.05 Å². The van der Waals surface area contributed by atoms with Crippen molar-refractivity contribution < 1.29 is 0 Å². The van der Waals surface area contributed by atoms with E-state index in [-0.39, 0.29) is 5.56 Å². The molecule has 0 atom stereocenters. The number of piperazine rings is 1. The number of hydrogen-bond donors (Lipinski definition) is 1. The van der Waals surface area contributed by atoms with Crippen LogP contribution < -0.4 is 15.8 Å². The molecule has 7 heteroatoms. The van der Waals surface area contributed by atoms with Crippen LogP contribution in [0.5, 0.6) is 0 Å². The zero-order valence-electron chi connectivity index (χ0n) is 18.4. The minimum atomic E-state index is -0.0390. The van der Waals surface area contributed by atoms with E-state index in [1.54, 1.807) is 4.57 Å². The fraction of sp³-hybridized carbons (Fsp3) is 0.320. The molecule has 1 aliphatic rings. The molecule has 0 bridgehead atoms. The van der Waals surface area contributed by atoms with Crippen LogP contribution in [0.15, 0.2) is 65.5 Å². The van der Waals surface area contributed by atoms with Crippen molar-refractivity contribution in [3.8, 4) is 0 Å². The average molecular weight is 429 g/mol. The van der Waals surface area contributed by atoms with Crippen molar-refractivity contribution in [1.82, 2.24) is 24.4 Å². The summed E-state index contributed by atoms with van der Waals surface area (Å²) >= 11 is 0. The molecule has 1 fully saturated rings. The third kappa shape index (κ3) is 4.03. The zero-order valence-corrected chi connectivity index (χ0v) is 18.4. The Morgan fingerprint density at radius 1 is 0.875 bits per heavy atom. The standard InChI is InChI=1S/C25H28N6O/c1-29-21(13-12-19-8-4-2-5-9-19)27-23-22(24(29)32)31(18-20-10-6-3-7-11-20)25(28-23)30-16-14-26-15-17-30/h2-11,26H,12-18H2,1H3. The van der Waals surface area contributed by atoms with Gasteiger partial charge in [-0.05, 0) is 17.5 Å². The molecular formula is C25H28N6O. The Kier molecular flexibility index (Phi) is 5.73. The van der Waals surface area contributed by atoms with Gasteiger partial charge in [-0.25, -0.2) is 4.98 Å². The average Bonchev–Trinajstić information content (AvgIpc) is 3.20. The second-order valence-electron chi connectivity index (χ2n) is 8.27. The van der Waals surface area contributed by atoms with Crippen molar-refractivity contribution in [2.45, 2.75) is 19.4 Å². The van der Waals surface area contributed by atoms with Gasteiger partial charge in [0.1, 0.15) is 5.82 Å². The van der Waals surface area contributed by atoms with Crippen LogP contribution in [0.25, 0.3) is 11.2 Å². The molecule has 32 heavy (non-hydrogen) atoms. The molecule has 2 aromatic heterocycles. The smallest absolute Gasteiger partial charge is 0.279 e. The van der Waals surface area contributed by atoms with E-state index in [9.17, 15) is 4.79 Å². The second-order valence-corrected chi connectivity index (χ2v) is 8.27. The van der Waals surface area contributed by atoms with Gasteiger partial charge in [0.2, 0.25) is 5.95 Å². The van der Waals surface area contributed by atoms with Crippen LogP contribution in [0.2, 0.25) is 0 Å². The van der Waals surface area contributed by atoms with E-state index >= 15 is 0 Å². The van der Waals surface area contributed by atoms with Crippen LogP contribution in [0, 0.1) is 0 Å². The molecule has 1 N–H and O–H groups in total. The van der Waals surface area contributed by atoms with Crippen LogP contribution in [0.3, 0.4) is 0 Å². The van der Waals surface area contributed by atoms with Crippen LogP contribution in [-0.4, -0.2) is 45.3 Å². The lowest BCUT2D eigenvalue weighted by molar-refractivity contribution is 0.571. The first kappa shape index (κ1) is 20.5. The van der Waals surface area contributed by atoms with E-state index in [2.05, 4.69) is 34.5 Å². The minimum absolute atomic E-state index is 0.0390.